The van der Waals surface area contributed by atoms with Crippen molar-refractivity contribution in [3.8, 4) is 0 Å². The average Bonchev–Trinajstić information content (AvgIpc) is 3.08. The molecule has 3 amide bonds. The van der Waals surface area contributed by atoms with Gasteiger partial charge in [-0.3, -0.25) is 9.88 Å². The van der Waals surface area contributed by atoms with Gasteiger partial charge in [0.25, 0.3) is 0 Å². The molecule has 3 aromatic heterocycles. The van der Waals surface area contributed by atoms with Gasteiger partial charge in [-0.25, -0.2) is 19.4 Å². The van der Waals surface area contributed by atoms with Crippen LogP contribution in [0.3, 0.4) is 0 Å². The van der Waals surface area contributed by atoms with E-state index in [1.165, 1.54) is 18.2 Å². The number of ether oxygens (including phenoxy) is 1. The van der Waals surface area contributed by atoms with E-state index in [0.717, 1.165) is 29.0 Å². The van der Waals surface area contributed by atoms with Crippen molar-refractivity contribution in [1.29, 1.82) is 0 Å². The number of aromatic nitrogens is 2. The predicted octanol–water partition coefficient (Wildman–Crippen LogP) is 4.36. The van der Waals surface area contributed by atoms with Crippen LogP contribution in [0, 0.1) is 12.8 Å². The maximum atomic E-state index is 13.4. The number of imide groups is 1. The first-order chi connectivity index (χ1) is 14.7. The molecule has 4 heterocycles. The molecule has 9 nitrogen and oxygen atoms in total. The number of methoxy groups -OCH3 is 1. The average molecular weight is 480 g/mol. The zero-order valence-electron chi connectivity index (χ0n) is 18.4. The minimum absolute atomic E-state index is 0. The van der Waals surface area contributed by atoms with Gasteiger partial charge in [-0.15, -0.1) is 11.3 Å². The van der Waals surface area contributed by atoms with Crippen LogP contribution in [0.15, 0.2) is 24.5 Å². The van der Waals surface area contributed by atoms with Gasteiger partial charge in [-0.2, -0.15) is 4.90 Å². The van der Waals surface area contributed by atoms with Crippen LogP contribution in [-0.4, -0.2) is 91.7 Å². The molecule has 0 aliphatic carbocycles. The molecule has 1 N–H and O–H groups in total. The van der Waals surface area contributed by atoms with Crippen LogP contribution in [0.4, 0.5) is 26.7 Å². The van der Waals surface area contributed by atoms with Crippen molar-refractivity contribution >= 4 is 108 Å². The molecule has 32 heavy (non-hydrogen) atoms. The molecule has 0 spiro atoms. The summed E-state index contributed by atoms with van der Waals surface area (Å²) in [5.41, 5.74) is 2.55. The first-order valence-corrected chi connectivity index (χ1v) is 10.4. The standard InChI is InChI=1S/C21H20N4O5S.K/c1-10(2)7-12-8-11(3)14(9-23-12)24-13-5-6-22-18-15(13)16(17(31-18)19(26)30-4)25(20(24)27)21(28)29;/h5-6,8-10H,7H2,1-4H3,(H,28,29);. The summed E-state index contributed by atoms with van der Waals surface area (Å²) >= 11 is 0.984. The quantitative estimate of drug-likeness (QED) is 0.437. The second-order valence-electron chi connectivity index (χ2n) is 7.58. The summed E-state index contributed by atoms with van der Waals surface area (Å²) in [5, 5.41) is 10.3. The van der Waals surface area contributed by atoms with Gasteiger partial charge < -0.3 is 9.84 Å². The number of esters is 1. The fourth-order valence-corrected chi connectivity index (χ4v) is 4.77. The molecule has 0 atom stereocenters. The summed E-state index contributed by atoms with van der Waals surface area (Å²) in [6.45, 7) is 6.03. The molecule has 0 fully saturated rings. The first kappa shape index (κ1) is 24.7. The van der Waals surface area contributed by atoms with Crippen LogP contribution >= 0.6 is 11.3 Å². The van der Waals surface area contributed by atoms with Crippen molar-refractivity contribution < 1.29 is 24.2 Å². The maximum absolute atomic E-state index is 13.4. The molecule has 0 saturated carbocycles. The van der Waals surface area contributed by atoms with E-state index in [0.29, 0.717) is 32.4 Å². The van der Waals surface area contributed by atoms with E-state index in [9.17, 15) is 19.5 Å². The third kappa shape index (κ3) is 4.08. The van der Waals surface area contributed by atoms with Crippen molar-refractivity contribution in [3.05, 3.63) is 40.7 Å². The second-order valence-corrected chi connectivity index (χ2v) is 8.58. The van der Waals surface area contributed by atoms with E-state index >= 15 is 0 Å². The number of hydrogen-bond donors (Lipinski definition) is 1. The number of carbonyl (C=O) groups is 3. The Kier molecular flexibility index (Phi) is 7.37. The summed E-state index contributed by atoms with van der Waals surface area (Å²) < 4.78 is 4.80. The van der Waals surface area contributed by atoms with E-state index in [2.05, 4.69) is 23.8 Å². The largest absolute Gasteiger partial charge is 0.465 e. The molecule has 3 aromatic rings. The van der Waals surface area contributed by atoms with Crippen LogP contribution in [0.25, 0.3) is 10.2 Å². The number of pyridine rings is 2. The molecule has 1 aliphatic rings. The second kappa shape index (κ2) is 9.54. The van der Waals surface area contributed by atoms with Crippen molar-refractivity contribution in [1.82, 2.24) is 9.97 Å². The number of carboxylic acid groups (broad SMARTS) is 1. The summed E-state index contributed by atoms with van der Waals surface area (Å²) in [5.74, 6) is -0.311. The van der Waals surface area contributed by atoms with Crippen molar-refractivity contribution in [2.24, 2.45) is 5.92 Å². The molecule has 1 aliphatic heterocycles. The van der Waals surface area contributed by atoms with Gasteiger partial charge in [-0.1, -0.05) is 13.8 Å². The Bertz CT molecular complexity index is 1240. The number of amides is 3. The maximum Gasteiger partial charge on any atom is 0.420 e. The predicted molar refractivity (Wildman–Crippen MR) is 122 cm³/mol. The molecular formula is C21H20KN4O5S. The third-order valence-corrected chi connectivity index (χ3v) is 6.02. The van der Waals surface area contributed by atoms with Gasteiger partial charge in [0.15, 0.2) is 0 Å². The Morgan fingerprint density at radius 2 is 1.97 bits per heavy atom. The summed E-state index contributed by atoms with van der Waals surface area (Å²) in [6.07, 6.45) is 2.38. The van der Waals surface area contributed by atoms with Gasteiger partial charge in [0.1, 0.15) is 9.71 Å². The summed E-state index contributed by atoms with van der Waals surface area (Å²) in [4.78, 5) is 48.9. The van der Waals surface area contributed by atoms with E-state index in [-0.39, 0.29) is 61.9 Å². The van der Waals surface area contributed by atoms with Gasteiger partial charge in [0.05, 0.1) is 35.8 Å². The smallest absolute Gasteiger partial charge is 0.420 e. The number of urea groups is 1. The molecule has 0 bridgehead atoms. The van der Waals surface area contributed by atoms with E-state index < -0.39 is 18.1 Å². The van der Waals surface area contributed by atoms with Crippen LogP contribution < -0.4 is 9.80 Å². The summed E-state index contributed by atoms with van der Waals surface area (Å²) in [7, 11) is 1.20. The van der Waals surface area contributed by atoms with Crippen molar-refractivity contribution in [2.45, 2.75) is 27.2 Å². The van der Waals surface area contributed by atoms with Crippen molar-refractivity contribution in [2.75, 3.05) is 16.9 Å². The Morgan fingerprint density at radius 1 is 1.25 bits per heavy atom. The minimum Gasteiger partial charge on any atom is -0.465 e. The first-order valence-electron chi connectivity index (χ1n) is 9.57. The summed E-state index contributed by atoms with van der Waals surface area (Å²) in [6, 6.07) is 2.70. The number of anilines is 3. The molecule has 4 rings (SSSR count). The molecular weight excluding hydrogens is 459 g/mol. The van der Waals surface area contributed by atoms with E-state index in [1.807, 2.05) is 13.0 Å². The number of thiophene rings is 1. The molecule has 161 valence electrons. The van der Waals surface area contributed by atoms with Gasteiger partial charge in [-0.05, 0) is 37.0 Å². The Morgan fingerprint density at radius 3 is 2.56 bits per heavy atom. The Labute approximate surface area is 230 Å². The molecule has 11 heteroatoms. The van der Waals surface area contributed by atoms with Crippen LogP contribution in [-0.2, 0) is 11.2 Å². The Balaban J connectivity index is 0.00000289. The van der Waals surface area contributed by atoms with Crippen molar-refractivity contribution in [3.63, 3.8) is 0 Å². The van der Waals surface area contributed by atoms with Crippen LogP contribution in [0.1, 0.15) is 34.8 Å². The van der Waals surface area contributed by atoms with Crippen LogP contribution in [0.5, 0.6) is 0 Å². The van der Waals surface area contributed by atoms with Crippen LogP contribution in [0.2, 0.25) is 0 Å². The molecule has 0 aromatic carbocycles. The fourth-order valence-electron chi connectivity index (χ4n) is 3.70. The van der Waals surface area contributed by atoms with Gasteiger partial charge in [0.2, 0.25) is 0 Å². The number of rotatable bonds is 4. The monoisotopic (exact) mass is 479 g/mol. The number of nitrogens with zero attached hydrogens (tertiary/aromatic N) is 4. The zero-order chi connectivity index (χ0) is 22.4. The van der Waals surface area contributed by atoms with E-state index in [1.54, 1.807) is 12.3 Å². The van der Waals surface area contributed by atoms with Gasteiger partial charge >= 0.3 is 18.1 Å². The zero-order valence-corrected chi connectivity index (χ0v) is 22.3. The number of hydrogen-bond acceptors (Lipinski definition) is 7. The Hall–Kier alpha value is -1.89. The van der Waals surface area contributed by atoms with E-state index in [4.69, 9.17) is 4.74 Å². The van der Waals surface area contributed by atoms with Gasteiger partial charge in [0, 0.05) is 63.3 Å². The molecule has 1 radical (unpaired) electrons. The topological polar surface area (TPSA) is 113 Å². The number of carbonyl (C=O) groups excluding carboxylic acids is 2. The molecule has 0 unspecified atom stereocenters. The fraction of sp³-hybridized carbons (Fsp3) is 0.286. The minimum atomic E-state index is -1.50. The normalized spacial score (nSPS) is 12.8. The SMILES string of the molecule is COC(=O)c1sc2nccc3c2c1N(C(=O)O)C(=O)N3c1cnc(CC(C)C)cc1C.[K]. The number of aryl methyl sites for hydroxylation is 1. The third-order valence-electron chi connectivity index (χ3n) is 4.95. The molecule has 0 saturated heterocycles.